The smallest absolute Gasteiger partial charge is 0.270 e. The molecule has 0 bridgehead atoms. The number of nitrogens with one attached hydrogen (secondary N) is 2. The number of ether oxygens (including phenoxy) is 2. The molecule has 0 saturated heterocycles. The molecule has 31 heavy (non-hydrogen) atoms. The molecule has 164 valence electrons. The van der Waals surface area contributed by atoms with Crippen molar-refractivity contribution in [1.29, 1.82) is 0 Å². The van der Waals surface area contributed by atoms with Gasteiger partial charge in [0.1, 0.15) is 18.1 Å². The number of carbonyl (C=O) groups is 1. The number of carbonyl (C=O) groups excluding carboxylic acids is 1. The standard InChI is InChI=1S/C20H22N4O5S2/c1-13-4-6-15(7-5-13)18(25)21-19-22-23-20(30-19)31(26,27)24-14(2)12-29-17-10-8-16(28-3)9-11-17/h4-11,14,24H,12H2,1-3H3,(H,21,22,25)/t14-/m1/s1. The molecule has 9 nitrogen and oxygen atoms in total. The van der Waals surface area contributed by atoms with Crippen LogP contribution >= 0.6 is 11.3 Å². The Balaban J connectivity index is 1.56. The second-order valence-electron chi connectivity index (χ2n) is 6.70. The Morgan fingerprint density at radius 2 is 1.71 bits per heavy atom. The van der Waals surface area contributed by atoms with Crippen molar-refractivity contribution in [2.45, 2.75) is 24.2 Å². The number of methoxy groups -OCH3 is 1. The van der Waals surface area contributed by atoms with Crippen LogP contribution in [0, 0.1) is 6.92 Å². The zero-order valence-electron chi connectivity index (χ0n) is 17.2. The SMILES string of the molecule is COc1ccc(OC[C@@H](C)NS(=O)(=O)c2nnc(NC(=O)c3ccc(C)cc3)s2)cc1. The summed E-state index contributed by atoms with van der Waals surface area (Å²) in [6.45, 7) is 3.70. The Hall–Kier alpha value is -3.02. The van der Waals surface area contributed by atoms with Gasteiger partial charge < -0.3 is 9.47 Å². The molecular weight excluding hydrogens is 440 g/mol. The minimum atomic E-state index is -3.92. The highest BCUT2D eigenvalue weighted by atomic mass is 32.2. The fourth-order valence-electron chi connectivity index (χ4n) is 2.49. The van der Waals surface area contributed by atoms with Crippen LogP contribution < -0.4 is 19.5 Å². The van der Waals surface area contributed by atoms with Gasteiger partial charge in [-0.2, -0.15) is 0 Å². The fraction of sp³-hybridized carbons (Fsp3) is 0.250. The molecule has 2 aromatic carbocycles. The summed E-state index contributed by atoms with van der Waals surface area (Å²) in [5.74, 6) is 0.890. The molecule has 0 aliphatic carbocycles. The van der Waals surface area contributed by atoms with Crippen molar-refractivity contribution < 1.29 is 22.7 Å². The maximum atomic E-state index is 12.6. The van der Waals surface area contributed by atoms with Gasteiger partial charge in [-0.3, -0.25) is 10.1 Å². The van der Waals surface area contributed by atoms with Crippen molar-refractivity contribution in [1.82, 2.24) is 14.9 Å². The number of rotatable bonds is 9. The first-order chi connectivity index (χ1) is 14.8. The zero-order valence-corrected chi connectivity index (χ0v) is 18.8. The summed E-state index contributed by atoms with van der Waals surface area (Å²) in [6.07, 6.45) is 0. The van der Waals surface area contributed by atoms with Gasteiger partial charge in [0.05, 0.1) is 13.2 Å². The molecule has 3 rings (SSSR count). The quantitative estimate of drug-likeness (QED) is 0.469. The van der Waals surface area contributed by atoms with Crippen LogP contribution in [0.2, 0.25) is 0 Å². The molecular formula is C20H22N4O5S2. The molecule has 0 aliphatic heterocycles. The molecule has 0 unspecified atom stereocenters. The predicted molar refractivity (Wildman–Crippen MR) is 117 cm³/mol. The maximum absolute atomic E-state index is 12.6. The number of amides is 1. The fourth-order valence-corrected chi connectivity index (χ4v) is 4.62. The molecule has 1 amide bonds. The lowest BCUT2D eigenvalue weighted by Gasteiger charge is -2.14. The number of anilines is 1. The minimum Gasteiger partial charge on any atom is -0.497 e. The van der Waals surface area contributed by atoms with Crippen molar-refractivity contribution in [2.75, 3.05) is 19.0 Å². The van der Waals surface area contributed by atoms with Crippen molar-refractivity contribution in [3.8, 4) is 11.5 Å². The van der Waals surface area contributed by atoms with E-state index in [1.165, 1.54) is 0 Å². The molecule has 3 aromatic rings. The summed E-state index contributed by atoms with van der Waals surface area (Å²) in [5, 5.41) is 10.1. The highest BCUT2D eigenvalue weighted by molar-refractivity contribution is 7.91. The van der Waals surface area contributed by atoms with E-state index in [1.807, 2.05) is 19.1 Å². The monoisotopic (exact) mass is 462 g/mol. The highest BCUT2D eigenvalue weighted by Crippen LogP contribution is 2.21. The van der Waals surface area contributed by atoms with Crippen molar-refractivity contribution in [3.63, 3.8) is 0 Å². The number of hydrogen-bond donors (Lipinski definition) is 2. The summed E-state index contributed by atoms with van der Waals surface area (Å²) in [5.41, 5.74) is 1.46. The van der Waals surface area contributed by atoms with Gasteiger partial charge in [-0.05, 0) is 50.2 Å². The largest absolute Gasteiger partial charge is 0.497 e. The number of aromatic nitrogens is 2. The number of hydrogen-bond acceptors (Lipinski definition) is 8. The van der Waals surface area contributed by atoms with Crippen molar-refractivity contribution in [2.24, 2.45) is 0 Å². The third kappa shape index (κ3) is 6.23. The van der Waals surface area contributed by atoms with E-state index in [-0.39, 0.29) is 16.1 Å². The van der Waals surface area contributed by atoms with Gasteiger partial charge in [0.25, 0.3) is 15.9 Å². The average molecular weight is 463 g/mol. The van der Waals surface area contributed by atoms with Crippen LogP contribution in [0.25, 0.3) is 0 Å². The van der Waals surface area contributed by atoms with Gasteiger partial charge in [-0.15, -0.1) is 10.2 Å². The van der Waals surface area contributed by atoms with Crippen molar-refractivity contribution >= 4 is 32.4 Å². The van der Waals surface area contributed by atoms with Gasteiger partial charge in [-0.1, -0.05) is 29.0 Å². The molecule has 1 heterocycles. The Morgan fingerprint density at radius 3 is 2.35 bits per heavy atom. The third-order valence-corrected chi connectivity index (χ3v) is 6.88. The van der Waals surface area contributed by atoms with E-state index in [0.29, 0.717) is 17.1 Å². The first-order valence-corrected chi connectivity index (χ1v) is 11.6. The van der Waals surface area contributed by atoms with Crippen LogP contribution in [-0.2, 0) is 10.0 Å². The van der Waals surface area contributed by atoms with E-state index in [9.17, 15) is 13.2 Å². The molecule has 0 aliphatic rings. The van der Waals surface area contributed by atoms with Gasteiger partial charge in [-0.25, -0.2) is 13.1 Å². The second kappa shape index (κ2) is 9.86. The summed E-state index contributed by atoms with van der Waals surface area (Å²) in [4.78, 5) is 12.3. The van der Waals surface area contributed by atoms with E-state index in [1.54, 1.807) is 50.4 Å². The van der Waals surface area contributed by atoms with E-state index in [4.69, 9.17) is 9.47 Å². The van der Waals surface area contributed by atoms with E-state index < -0.39 is 22.0 Å². The molecule has 1 aromatic heterocycles. The summed E-state index contributed by atoms with van der Waals surface area (Å²) >= 11 is 0.767. The second-order valence-corrected chi connectivity index (χ2v) is 9.57. The number of benzene rings is 2. The molecule has 0 radical (unpaired) electrons. The van der Waals surface area contributed by atoms with Gasteiger partial charge in [0.2, 0.25) is 9.47 Å². The first kappa shape index (κ1) is 22.7. The van der Waals surface area contributed by atoms with Crippen LogP contribution in [0.1, 0.15) is 22.8 Å². The van der Waals surface area contributed by atoms with Crippen LogP contribution in [0.4, 0.5) is 5.13 Å². The van der Waals surface area contributed by atoms with Crippen LogP contribution in [0.15, 0.2) is 52.9 Å². The zero-order chi connectivity index (χ0) is 22.4. The average Bonchev–Trinajstić information content (AvgIpc) is 3.22. The molecule has 1 atom stereocenters. The number of nitrogens with zero attached hydrogens (tertiary/aromatic N) is 2. The van der Waals surface area contributed by atoms with Gasteiger partial charge in [0.15, 0.2) is 0 Å². The van der Waals surface area contributed by atoms with Gasteiger partial charge >= 0.3 is 0 Å². The number of aryl methyl sites for hydroxylation is 1. The Morgan fingerprint density at radius 1 is 1.06 bits per heavy atom. The Kier molecular flexibility index (Phi) is 7.21. The maximum Gasteiger partial charge on any atom is 0.270 e. The van der Waals surface area contributed by atoms with Crippen LogP contribution in [-0.4, -0.2) is 44.3 Å². The lowest BCUT2D eigenvalue weighted by atomic mass is 10.1. The predicted octanol–water partition coefficient (Wildman–Crippen LogP) is 2.85. The van der Waals surface area contributed by atoms with E-state index in [0.717, 1.165) is 16.9 Å². The first-order valence-electron chi connectivity index (χ1n) is 9.27. The summed E-state index contributed by atoms with van der Waals surface area (Å²) < 4.78 is 38.0. The summed E-state index contributed by atoms with van der Waals surface area (Å²) in [6, 6.07) is 13.4. The van der Waals surface area contributed by atoms with Crippen molar-refractivity contribution in [3.05, 3.63) is 59.7 Å². The molecule has 0 saturated carbocycles. The van der Waals surface area contributed by atoms with Crippen LogP contribution in [0.3, 0.4) is 0 Å². The summed E-state index contributed by atoms with van der Waals surface area (Å²) in [7, 11) is -2.35. The van der Waals surface area contributed by atoms with E-state index >= 15 is 0 Å². The van der Waals surface area contributed by atoms with E-state index in [2.05, 4.69) is 20.2 Å². The number of sulfonamides is 1. The molecule has 2 N–H and O–H groups in total. The Bertz CT molecular complexity index is 1130. The molecule has 11 heteroatoms. The highest BCUT2D eigenvalue weighted by Gasteiger charge is 2.23. The van der Waals surface area contributed by atoms with Gasteiger partial charge in [0, 0.05) is 5.56 Å². The normalized spacial score (nSPS) is 12.2. The Labute approximate surface area is 184 Å². The lowest BCUT2D eigenvalue weighted by molar-refractivity contribution is 0.102. The third-order valence-electron chi connectivity index (χ3n) is 4.09. The topological polar surface area (TPSA) is 120 Å². The molecule has 0 fully saturated rings. The minimum absolute atomic E-state index is 0.0908. The lowest BCUT2D eigenvalue weighted by Crippen LogP contribution is -2.36. The van der Waals surface area contributed by atoms with Crippen LogP contribution in [0.5, 0.6) is 11.5 Å². The molecule has 0 spiro atoms.